The predicted octanol–water partition coefficient (Wildman–Crippen LogP) is 2.26. The molecule has 0 aliphatic rings. The molecule has 3 heterocycles. The summed E-state index contributed by atoms with van der Waals surface area (Å²) in [4.78, 5) is 16.7. The van der Waals surface area contributed by atoms with Gasteiger partial charge in [-0.3, -0.25) is 14.5 Å². The van der Waals surface area contributed by atoms with Gasteiger partial charge in [-0.05, 0) is 30.7 Å². The molecule has 0 bridgehead atoms. The van der Waals surface area contributed by atoms with Gasteiger partial charge in [0.1, 0.15) is 17.3 Å². The SMILES string of the molecule is CCc1cc(Nc2cccn(-c3ccccn3)c2=O)[nH]n1. The Morgan fingerprint density at radius 2 is 2.19 bits per heavy atom. The molecule has 6 nitrogen and oxygen atoms in total. The molecule has 0 aliphatic heterocycles. The summed E-state index contributed by atoms with van der Waals surface area (Å²) in [5.74, 6) is 1.28. The van der Waals surface area contributed by atoms with Crippen molar-refractivity contribution in [3.8, 4) is 5.82 Å². The fourth-order valence-electron chi connectivity index (χ4n) is 2.02. The van der Waals surface area contributed by atoms with Gasteiger partial charge in [0, 0.05) is 18.5 Å². The lowest BCUT2D eigenvalue weighted by Crippen LogP contribution is -2.20. The first-order valence-corrected chi connectivity index (χ1v) is 6.72. The van der Waals surface area contributed by atoms with E-state index in [1.165, 1.54) is 4.57 Å². The number of aromatic amines is 1. The molecule has 0 unspecified atom stereocenters. The molecule has 21 heavy (non-hydrogen) atoms. The number of aromatic nitrogens is 4. The average molecular weight is 281 g/mol. The van der Waals surface area contributed by atoms with Crippen molar-refractivity contribution in [3.63, 3.8) is 0 Å². The van der Waals surface area contributed by atoms with Gasteiger partial charge in [-0.25, -0.2) is 4.98 Å². The molecule has 2 N–H and O–H groups in total. The molecular weight excluding hydrogens is 266 g/mol. The zero-order valence-corrected chi connectivity index (χ0v) is 11.6. The Kier molecular flexibility index (Phi) is 3.51. The highest BCUT2D eigenvalue weighted by Gasteiger charge is 2.07. The smallest absolute Gasteiger partial charge is 0.279 e. The second kappa shape index (κ2) is 5.62. The van der Waals surface area contributed by atoms with E-state index < -0.39 is 0 Å². The minimum atomic E-state index is -0.163. The van der Waals surface area contributed by atoms with Crippen molar-refractivity contribution in [2.24, 2.45) is 0 Å². The van der Waals surface area contributed by atoms with Crippen molar-refractivity contribution < 1.29 is 0 Å². The molecule has 3 rings (SSSR count). The number of rotatable bonds is 4. The minimum Gasteiger partial charge on any atom is -0.336 e. The molecule has 0 amide bonds. The Labute approximate surface area is 121 Å². The van der Waals surface area contributed by atoms with Crippen LogP contribution in [0.15, 0.2) is 53.6 Å². The number of aryl methyl sites for hydroxylation is 1. The molecule has 0 fully saturated rings. The molecule has 0 radical (unpaired) electrons. The van der Waals surface area contributed by atoms with Crippen LogP contribution in [0, 0.1) is 0 Å². The van der Waals surface area contributed by atoms with Crippen molar-refractivity contribution >= 4 is 11.5 Å². The zero-order valence-electron chi connectivity index (χ0n) is 11.6. The second-order valence-electron chi connectivity index (χ2n) is 4.54. The highest BCUT2D eigenvalue weighted by Crippen LogP contribution is 2.12. The van der Waals surface area contributed by atoms with Crippen molar-refractivity contribution in [2.75, 3.05) is 5.32 Å². The number of H-pyrrole nitrogens is 1. The molecule has 0 saturated heterocycles. The number of nitrogens with one attached hydrogen (secondary N) is 2. The van der Waals surface area contributed by atoms with Gasteiger partial charge in [0.05, 0.1) is 5.69 Å². The van der Waals surface area contributed by atoms with Gasteiger partial charge in [-0.2, -0.15) is 5.10 Å². The fourth-order valence-corrected chi connectivity index (χ4v) is 2.02. The summed E-state index contributed by atoms with van der Waals surface area (Å²) in [7, 11) is 0. The molecule has 3 aromatic heterocycles. The van der Waals surface area contributed by atoms with Crippen LogP contribution in [0.2, 0.25) is 0 Å². The monoisotopic (exact) mass is 281 g/mol. The molecule has 0 aromatic carbocycles. The fraction of sp³-hybridized carbons (Fsp3) is 0.133. The maximum absolute atomic E-state index is 12.5. The van der Waals surface area contributed by atoms with Crippen LogP contribution in [-0.2, 0) is 6.42 Å². The van der Waals surface area contributed by atoms with Crippen LogP contribution < -0.4 is 10.9 Å². The van der Waals surface area contributed by atoms with Gasteiger partial charge in [-0.1, -0.05) is 13.0 Å². The van der Waals surface area contributed by atoms with Gasteiger partial charge >= 0.3 is 0 Å². The topological polar surface area (TPSA) is 75.6 Å². The van der Waals surface area contributed by atoms with E-state index in [1.54, 1.807) is 30.6 Å². The summed E-state index contributed by atoms with van der Waals surface area (Å²) < 4.78 is 1.50. The highest BCUT2D eigenvalue weighted by molar-refractivity contribution is 5.55. The summed E-state index contributed by atoms with van der Waals surface area (Å²) in [6.07, 6.45) is 4.19. The summed E-state index contributed by atoms with van der Waals surface area (Å²) in [6.45, 7) is 2.02. The lowest BCUT2D eigenvalue weighted by molar-refractivity contribution is 0.941. The number of hydrogen-bond donors (Lipinski definition) is 2. The van der Waals surface area contributed by atoms with Crippen LogP contribution >= 0.6 is 0 Å². The van der Waals surface area contributed by atoms with E-state index >= 15 is 0 Å². The quantitative estimate of drug-likeness (QED) is 0.769. The van der Waals surface area contributed by atoms with Gasteiger partial charge < -0.3 is 5.32 Å². The van der Waals surface area contributed by atoms with Gasteiger partial charge in [0.15, 0.2) is 0 Å². The molecular formula is C15H15N5O. The van der Waals surface area contributed by atoms with Crippen molar-refractivity contribution in [1.29, 1.82) is 0 Å². The Morgan fingerprint density at radius 3 is 2.90 bits per heavy atom. The van der Waals surface area contributed by atoms with Crippen LogP contribution in [0.1, 0.15) is 12.6 Å². The van der Waals surface area contributed by atoms with Crippen LogP contribution in [0.3, 0.4) is 0 Å². The van der Waals surface area contributed by atoms with Crippen molar-refractivity contribution in [3.05, 3.63) is 64.8 Å². The first kappa shape index (κ1) is 13.1. The van der Waals surface area contributed by atoms with Crippen molar-refractivity contribution in [2.45, 2.75) is 13.3 Å². The number of hydrogen-bond acceptors (Lipinski definition) is 4. The van der Waals surface area contributed by atoms with Crippen molar-refractivity contribution in [1.82, 2.24) is 19.7 Å². The molecule has 106 valence electrons. The van der Waals surface area contributed by atoms with Crippen LogP contribution in [0.4, 0.5) is 11.5 Å². The normalized spacial score (nSPS) is 10.5. The first-order chi connectivity index (χ1) is 10.3. The van der Waals surface area contributed by atoms with E-state index in [9.17, 15) is 4.79 Å². The molecule has 0 aliphatic carbocycles. The van der Waals surface area contributed by atoms with Crippen LogP contribution in [0.25, 0.3) is 5.82 Å². The van der Waals surface area contributed by atoms with E-state index in [0.29, 0.717) is 17.3 Å². The van der Waals surface area contributed by atoms with Crippen LogP contribution in [-0.4, -0.2) is 19.7 Å². The van der Waals surface area contributed by atoms with Gasteiger partial charge in [0.25, 0.3) is 5.56 Å². The van der Waals surface area contributed by atoms with Gasteiger partial charge in [-0.15, -0.1) is 0 Å². The van der Waals surface area contributed by atoms with Gasteiger partial charge in [0.2, 0.25) is 0 Å². The third-order valence-corrected chi connectivity index (χ3v) is 3.11. The molecule has 6 heteroatoms. The maximum Gasteiger partial charge on any atom is 0.279 e. The Hall–Kier alpha value is -2.89. The maximum atomic E-state index is 12.5. The Bertz CT molecular complexity index is 791. The summed E-state index contributed by atoms with van der Waals surface area (Å²) in [5.41, 5.74) is 1.25. The van der Waals surface area contributed by atoms with Crippen LogP contribution in [0.5, 0.6) is 0 Å². The largest absolute Gasteiger partial charge is 0.336 e. The van der Waals surface area contributed by atoms with E-state index in [2.05, 4.69) is 20.5 Å². The molecule has 0 spiro atoms. The third-order valence-electron chi connectivity index (χ3n) is 3.11. The highest BCUT2D eigenvalue weighted by atomic mass is 16.1. The Morgan fingerprint density at radius 1 is 1.29 bits per heavy atom. The van der Waals surface area contributed by atoms with E-state index in [0.717, 1.165) is 12.1 Å². The molecule has 0 atom stereocenters. The third kappa shape index (κ3) is 2.69. The first-order valence-electron chi connectivity index (χ1n) is 6.72. The minimum absolute atomic E-state index is 0.163. The van der Waals surface area contributed by atoms with E-state index in [4.69, 9.17) is 0 Å². The summed E-state index contributed by atoms with van der Waals surface area (Å²) >= 11 is 0. The lowest BCUT2D eigenvalue weighted by Gasteiger charge is -2.07. The van der Waals surface area contributed by atoms with E-state index in [-0.39, 0.29) is 5.56 Å². The number of anilines is 2. The summed E-state index contributed by atoms with van der Waals surface area (Å²) in [5, 5.41) is 10.1. The van der Waals surface area contributed by atoms with E-state index in [1.807, 2.05) is 25.1 Å². The molecule has 0 saturated carbocycles. The number of nitrogens with zero attached hydrogens (tertiary/aromatic N) is 3. The summed E-state index contributed by atoms with van der Waals surface area (Å²) in [6, 6.07) is 10.9. The second-order valence-corrected chi connectivity index (χ2v) is 4.54. The lowest BCUT2D eigenvalue weighted by atomic mass is 10.3. The predicted molar refractivity (Wildman–Crippen MR) is 81.1 cm³/mol. The standard InChI is InChI=1S/C15H15N5O/c1-2-11-10-13(19-18-11)17-12-6-5-9-20(15(12)21)14-7-3-4-8-16-14/h3-10H,2H2,1H3,(H2,17,18,19). The zero-order chi connectivity index (χ0) is 14.7. The molecule has 3 aromatic rings. The number of pyridine rings is 2. The Balaban J connectivity index is 1.95. The average Bonchev–Trinajstić information content (AvgIpc) is 2.98.